The molecule has 1 amide bonds. The second-order valence-electron chi connectivity index (χ2n) is 7.86. The van der Waals surface area contributed by atoms with Crippen LogP contribution in [0.15, 0.2) is 48.5 Å². The van der Waals surface area contributed by atoms with Crippen LogP contribution in [0.4, 0.5) is 16.2 Å². The Morgan fingerprint density at radius 1 is 1.06 bits per heavy atom. The van der Waals surface area contributed by atoms with Gasteiger partial charge in [-0.05, 0) is 30.5 Å². The Labute approximate surface area is 183 Å². The van der Waals surface area contributed by atoms with Gasteiger partial charge in [-0.2, -0.15) is 0 Å². The third kappa shape index (κ3) is 4.94. The van der Waals surface area contributed by atoms with Crippen LogP contribution in [0.5, 0.6) is 5.75 Å². The van der Waals surface area contributed by atoms with Gasteiger partial charge in [0.05, 0.1) is 12.2 Å². The number of hydrogen-bond acceptors (Lipinski definition) is 6. The van der Waals surface area contributed by atoms with Crippen molar-refractivity contribution in [3.05, 3.63) is 54.1 Å². The van der Waals surface area contributed by atoms with Crippen LogP contribution in [0.2, 0.25) is 0 Å². The lowest BCUT2D eigenvalue weighted by Gasteiger charge is -2.37. The van der Waals surface area contributed by atoms with Crippen molar-refractivity contribution >= 4 is 17.5 Å². The first kappa shape index (κ1) is 21.5. The van der Waals surface area contributed by atoms with E-state index in [0.717, 1.165) is 42.9 Å². The fourth-order valence-electron chi connectivity index (χ4n) is 4.30. The van der Waals surface area contributed by atoms with E-state index in [1.807, 2.05) is 42.5 Å². The fourth-order valence-corrected chi connectivity index (χ4v) is 4.30. The summed E-state index contributed by atoms with van der Waals surface area (Å²) in [5.74, 6) is 1.11. The zero-order chi connectivity index (χ0) is 21.6. The van der Waals surface area contributed by atoms with E-state index in [1.54, 1.807) is 19.1 Å². The standard InChI is InChI=1S/C24H30N2O5/c1-28-23(29-2)19-10-12-25(13-11-19)20-8-9-21-22(16-20)30-15-14-26(21)24(27)31-17-18-6-4-3-5-7-18/h3-9,16,19,23H,10-15,17H2,1-2H3. The quantitative estimate of drug-likeness (QED) is 0.650. The smallest absolute Gasteiger partial charge is 0.414 e. The van der Waals surface area contributed by atoms with E-state index in [0.29, 0.717) is 24.8 Å². The summed E-state index contributed by atoms with van der Waals surface area (Å²) in [6.07, 6.45) is 1.50. The van der Waals surface area contributed by atoms with E-state index >= 15 is 0 Å². The summed E-state index contributed by atoms with van der Waals surface area (Å²) in [5, 5.41) is 0. The monoisotopic (exact) mass is 426 g/mol. The molecular weight excluding hydrogens is 396 g/mol. The number of amides is 1. The number of rotatable bonds is 6. The predicted octanol–water partition coefficient (Wildman–Crippen LogP) is 4.06. The molecule has 0 atom stereocenters. The highest BCUT2D eigenvalue weighted by molar-refractivity contribution is 5.90. The predicted molar refractivity (Wildman–Crippen MR) is 119 cm³/mol. The number of methoxy groups -OCH3 is 2. The minimum atomic E-state index is -0.354. The minimum Gasteiger partial charge on any atom is -0.489 e. The molecule has 4 rings (SSSR count). The number of carbonyl (C=O) groups is 1. The van der Waals surface area contributed by atoms with Crippen LogP contribution >= 0.6 is 0 Å². The molecule has 2 heterocycles. The Morgan fingerprint density at radius 3 is 2.52 bits per heavy atom. The minimum absolute atomic E-state index is 0.149. The van der Waals surface area contributed by atoms with Crippen molar-refractivity contribution in [2.24, 2.45) is 5.92 Å². The lowest BCUT2D eigenvalue weighted by atomic mass is 9.95. The number of nitrogens with zero attached hydrogens (tertiary/aromatic N) is 2. The van der Waals surface area contributed by atoms with E-state index in [-0.39, 0.29) is 19.0 Å². The number of piperidine rings is 1. The third-order valence-electron chi connectivity index (χ3n) is 5.99. The fraction of sp³-hybridized carbons (Fsp3) is 0.458. The van der Waals surface area contributed by atoms with Gasteiger partial charge in [0.1, 0.15) is 19.0 Å². The van der Waals surface area contributed by atoms with Crippen molar-refractivity contribution in [3.63, 3.8) is 0 Å². The summed E-state index contributed by atoms with van der Waals surface area (Å²) in [7, 11) is 3.38. The van der Waals surface area contributed by atoms with Crippen LogP contribution in [-0.4, -0.2) is 52.8 Å². The van der Waals surface area contributed by atoms with E-state index in [9.17, 15) is 4.79 Å². The maximum atomic E-state index is 12.7. The second-order valence-corrected chi connectivity index (χ2v) is 7.86. The summed E-state index contributed by atoms with van der Waals surface area (Å²) in [6, 6.07) is 15.7. The van der Waals surface area contributed by atoms with Crippen LogP contribution in [0.3, 0.4) is 0 Å². The van der Waals surface area contributed by atoms with Gasteiger partial charge in [-0.1, -0.05) is 30.3 Å². The third-order valence-corrected chi connectivity index (χ3v) is 5.99. The number of fused-ring (bicyclic) bond motifs is 1. The van der Waals surface area contributed by atoms with E-state index in [1.165, 1.54) is 0 Å². The maximum absolute atomic E-state index is 12.7. The highest BCUT2D eigenvalue weighted by Gasteiger charge is 2.29. The molecule has 0 aromatic heterocycles. The van der Waals surface area contributed by atoms with Crippen LogP contribution in [0, 0.1) is 5.92 Å². The number of anilines is 2. The lowest BCUT2D eigenvalue weighted by Crippen LogP contribution is -2.40. The molecule has 0 N–H and O–H groups in total. The molecule has 0 saturated carbocycles. The van der Waals surface area contributed by atoms with Gasteiger partial charge in [0, 0.05) is 45.0 Å². The average molecular weight is 427 g/mol. The Morgan fingerprint density at radius 2 is 1.81 bits per heavy atom. The van der Waals surface area contributed by atoms with Crippen molar-refractivity contribution in [2.45, 2.75) is 25.7 Å². The molecule has 7 nitrogen and oxygen atoms in total. The molecule has 2 aliphatic rings. The van der Waals surface area contributed by atoms with Crippen molar-refractivity contribution in [1.29, 1.82) is 0 Å². The molecule has 1 fully saturated rings. The highest BCUT2D eigenvalue weighted by atomic mass is 16.7. The lowest BCUT2D eigenvalue weighted by molar-refractivity contribution is -0.141. The molecule has 0 radical (unpaired) electrons. The molecular formula is C24H30N2O5. The molecule has 0 spiro atoms. The first-order valence-electron chi connectivity index (χ1n) is 10.7. The SMILES string of the molecule is COC(OC)C1CCN(c2ccc3c(c2)OCCN3C(=O)OCc2ccccc2)CC1. The van der Waals surface area contributed by atoms with Gasteiger partial charge in [-0.15, -0.1) is 0 Å². The largest absolute Gasteiger partial charge is 0.489 e. The number of carbonyl (C=O) groups excluding carboxylic acids is 1. The first-order chi connectivity index (χ1) is 15.2. The zero-order valence-corrected chi connectivity index (χ0v) is 18.2. The van der Waals surface area contributed by atoms with Crippen molar-refractivity contribution in [2.75, 3.05) is 50.3 Å². The molecule has 0 unspecified atom stereocenters. The summed E-state index contributed by atoms with van der Waals surface area (Å²) in [6.45, 7) is 3.03. The number of ether oxygens (including phenoxy) is 4. The molecule has 2 aromatic carbocycles. The Hall–Kier alpha value is -2.77. The molecule has 166 valence electrons. The Kier molecular flexibility index (Phi) is 6.94. The van der Waals surface area contributed by atoms with E-state index in [2.05, 4.69) is 11.0 Å². The maximum Gasteiger partial charge on any atom is 0.414 e. The summed E-state index contributed by atoms with van der Waals surface area (Å²) in [5.41, 5.74) is 2.82. The molecule has 2 aromatic rings. The van der Waals surface area contributed by atoms with Crippen molar-refractivity contribution < 1.29 is 23.7 Å². The summed E-state index contributed by atoms with van der Waals surface area (Å²) >= 11 is 0. The van der Waals surface area contributed by atoms with Gasteiger partial charge < -0.3 is 23.8 Å². The summed E-state index contributed by atoms with van der Waals surface area (Å²) < 4.78 is 22.3. The van der Waals surface area contributed by atoms with Gasteiger partial charge in [0.25, 0.3) is 0 Å². The molecule has 31 heavy (non-hydrogen) atoms. The second kappa shape index (κ2) is 10.0. The Bertz CT molecular complexity index is 864. The highest BCUT2D eigenvalue weighted by Crippen LogP contribution is 2.37. The van der Waals surface area contributed by atoms with Crippen LogP contribution in [0.25, 0.3) is 0 Å². The van der Waals surface area contributed by atoms with Gasteiger partial charge in [0.15, 0.2) is 6.29 Å². The Balaban J connectivity index is 1.40. The molecule has 1 saturated heterocycles. The van der Waals surface area contributed by atoms with E-state index < -0.39 is 0 Å². The topological polar surface area (TPSA) is 60.5 Å². The van der Waals surface area contributed by atoms with Crippen LogP contribution < -0.4 is 14.5 Å². The van der Waals surface area contributed by atoms with Gasteiger partial charge in [-0.25, -0.2) is 4.79 Å². The molecule has 0 bridgehead atoms. The van der Waals surface area contributed by atoms with Crippen molar-refractivity contribution in [3.8, 4) is 5.75 Å². The van der Waals surface area contributed by atoms with Gasteiger partial charge >= 0.3 is 6.09 Å². The molecule has 2 aliphatic heterocycles. The number of benzene rings is 2. The van der Waals surface area contributed by atoms with Gasteiger partial charge in [0.2, 0.25) is 0 Å². The first-order valence-corrected chi connectivity index (χ1v) is 10.7. The molecule has 0 aliphatic carbocycles. The summed E-state index contributed by atoms with van der Waals surface area (Å²) in [4.78, 5) is 16.7. The van der Waals surface area contributed by atoms with Crippen molar-refractivity contribution in [1.82, 2.24) is 0 Å². The van der Waals surface area contributed by atoms with Crippen LogP contribution in [-0.2, 0) is 20.8 Å². The normalized spacial score (nSPS) is 16.7. The zero-order valence-electron chi connectivity index (χ0n) is 18.2. The number of hydrogen-bond donors (Lipinski definition) is 0. The molecule has 7 heteroatoms. The average Bonchev–Trinajstić information content (AvgIpc) is 2.83. The van der Waals surface area contributed by atoms with Crippen LogP contribution in [0.1, 0.15) is 18.4 Å². The van der Waals surface area contributed by atoms with Gasteiger partial charge in [-0.3, -0.25) is 4.90 Å². The van der Waals surface area contributed by atoms with E-state index in [4.69, 9.17) is 18.9 Å².